The lowest BCUT2D eigenvalue weighted by Crippen LogP contribution is -2.18. The molecule has 4 rings (SSSR count). The zero-order chi connectivity index (χ0) is 23.8. The number of nitrogens with one attached hydrogen (secondary N) is 1. The molecule has 3 aromatic heterocycles. The highest BCUT2D eigenvalue weighted by Gasteiger charge is 2.35. The summed E-state index contributed by atoms with van der Waals surface area (Å²) in [6.45, 7) is 3.32. The Balaban J connectivity index is 1.69. The number of carbonyl (C=O) groups excluding carboxylic acids is 1. The van der Waals surface area contributed by atoms with Crippen LogP contribution in [-0.2, 0) is 10.9 Å². The molecule has 0 bridgehead atoms. The van der Waals surface area contributed by atoms with Crippen molar-refractivity contribution >= 4 is 17.4 Å². The standard InChI is InChI=1S/C22H17F4N5O2/c1-12(2)33-21(32)29-17-10-13(5-6-15(17)23)18-11-31-19(28-18)8-7-16(30-31)14-4-3-9-27-20(14)22(24,25)26/h3-12H,1-2H3,(H,29,32). The minimum absolute atomic E-state index is 0.0600. The third kappa shape index (κ3) is 4.76. The number of benzene rings is 1. The van der Waals surface area contributed by atoms with Gasteiger partial charge in [-0.15, -0.1) is 0 Å². The first-order valence-electron chi connectivity index (χ1n) is 9.78. The minimum Gasteiger partial charge on any atom is -0.447 e. The van der Waals surface area contributed by atoms with Crippen molar-refractivity contribution in [1.29, 1.82) is 0 Å². The molecule has 1 aromatic carbocycles. The first kappa shape index (κ1) is 22.2. The Morgan fingerprint density at radius 2 is 1.91 bits per heavy atom. The lowest BCUT2D eigenvalue weighted by atomic mass is 10.1. The van der Waals surface area contributed by atoms with Gasteiger partial charge in [-0.05, 0) is 56.3 Å². The Morgan fingerprint density at radius 3 is 2.64 bits per heavy atom. The topological polar surface area (TPSA) is 81.4 Å². The number of alkyl halides is 3. The summed E-state index contributed by atoms with van der Waals surface area (Å²) in [4.78, 5) is 19.7. The first-order chi connectivity index (χ1) is 15.6. The van der Waals surface area contributed by atoms with E-state index in [1.54, 1.807) is 13.8 Å². The molecule has 1 amide bonds. The number of carbonyl (C=O) groups is 1. The molecular weight excluding hydrogens is 442 g/mol. The number of hydrogen-bond acceptors (Lipinski definition) is 5. The molecule has 0 saturated carbocycles. The number of rotatable bonds is 4. The Morgan fingerprint density at radius 1 is 1.12 bits per heavy atom. The molecule has 0 aliphatic rings. The van der Waals surface area contributed by atoms with E-state index in [2.05, 4.69) is 20.4 Å². The maximum Gasteiger partial charge on any atom is 0.434 e. The van der Waals surface area contributed by atoms with Crippen LogP contribution in [0.2, 0.25) is 0 Å². The molecule has 0 spiro atoms. The normalized spacial score (nSPS) is 11.7. The highest BCUT2D eigenvalue weighted by molar-refractivity contribution is 5.86. The fourth-order valence-corrected chi connectivity index (χ4v) is 3.14. The van der Waals surface area contributed by atoms with Gasteiger partial charge in [-0.3, -0.25) is 10.3 Å². The molecule has 7 nitrogen and oxygen atoms in total. The van der Waals surface area contributed by atoms with Crippen LogP contribution in [-0.4, -0.2) is 31.8 Å². The van der Waals surface area contributed by atoms with Gasteiger partial charge in [-0.2, -0.15) is 18.3 Å². The Bertz CT molecular complexity index is 1330. The molecule has 0 fully saturated rings. The van der Waals surface area contributed by atoms with Crippen LogP contribution in [0.5, 0.6) is 0 Å². The maximum atomic E-state index is 14.2. The van der Waals surface area contributed by atoms with E-state index in [0.717, 1.165) is 12.3 Å². The number of fused-ring (bicyclic) bond motifs is 1. The van der Waals surface area contributed by atoms with E-state index < -0.39 is 23.8 Å². The molecule has 33 heavy (non-hydrogen) atoms. The second-order valence-electron chi connectivity index (χ2n) is 7.32. The molecule has 0 unspecified atom stereocenters. The van der Waals surface area contributed by atoms with Crippen molar-refractivity contribution in [2.75, 3.05) is 5.32 Å². The van der Waals surface area contributed by atoms with Crippen molar-refractivity contribution in [2.45, 2.75) is 26.1 Å². The van der Waals surface area contributed by atoms with Crippen LogP contribution in [0.3, 0.4) is 0 Å². The molecule has 1 N–H and O–H groups in total. The molecular formula is C22H17F4N5O2. The second-order valence-corrected chi connectivity index (χ2v) is 7.32. The third-order valence-corrected chi connectivity index (χ3v) is 4.51. The second kappa shape index (κ2) is 8.49. The molecule has 0 aliphatic carbocycles. The van der Waals surface area contributed by atoms with Crippen LogP contribution < -0.4 is 5.32 Å². The van der Waals surface area contributed by atoms with Crippen molar-refractivity contribution in [3.8, 4) is 22.5 Å². The first-order valence-corrected chi connectivity index (χ1v) is 9.78. The summed E-state index contributed by atoms with van der Waals surface area (Å²) in [5.74, 6) is -0.667. The van der Waals surface area contributed by atoms with Crippen molar-refractivity contribution in [1.82, 2.24) is 19.6 Å². The van der Waals surface area contributed by atoms with E-state index in [4.69, 9.17) is 4.74 Å². The number of hydrogen-bond donors (Lipinski definition) is 1. The van der Waals surface area contributed by atoms with Crippen molar-refractivity contribution in [2.24, 2.45) is 0 Å². The average Bonchev–Trinajstić information content (AvgIpc) is 3.17. The molecule has 4 aromatic rings. The van der Waals surface area contributed by atoms with Gasteiger partial charge in [0.2, 0.25) is 0 Å². The van der Waals surface area contributed by atoms with E-state index in [1.165, 1.54) is 47.1 Å². The van der Waals surface area contributed by atoms with Crippen molar-refractivity contribution in [3.63, 3.8) is 0 Å². The number of amides is 1. The summed E-state index contributed by atoms with van der Waals surface area (Å²) in [6.07, 6.45) is -3.27. The highest BCUT2D eigenvalue weighted by Crippen LogP contribution is 2.34. The molecule has 0 atom stereocenters. The predicted octanol–water partition coefficient (Wildman–Crippen LogP) is 5.57. The zero-order valence-electron chi connectivity index (χ0n) is 17.4. The third-order valence-electron chi connectivity index (χ3n) is 4.51. The number of anilines is 1. The van der Waals surface area contributed by atoms with Crippen LogP contribution >= 0.6 is 0 Å². The van der Waals surface area contributed by atoms with E-state index in [9.17, 15) is 22.4 Å². The number of ether oxygens (including phenoxy) is 1. The molecule has 0 aliphatic heterocycles. The van der Waals surface area contributed by atoms with Gasteiger partial charge in [0.25, 0.3) is 0 Å². The van der Waals surface area contributed by atoms with Gasteiger partial charge in [0, 0.05) is 17.3 Å². The van der Waals surface area contributed by atoms with E-state index in [-0.39, 0.29) is 23.0 Å². The number of aromatic nitrogens is 4. The van der Waals surface area contributed by atoms with Crippen molar-refractivity contribution < 1.29 is 27.1 Å². The zero-order valence-corrected chi connectivity index (χ0v) is 17.4. The molecule has 11 heteroatoms. The lowest BCUT2D eigenvalue weighted by Gasteiger charge is -2.10. The summed E-state index contributed by atoms with van der Waals surface area (Å²) in [5.41, 5.74) is -0.0512. The van der Waals surface area contributed by atoms with Gasteiger partial charge >= 0.3 is 12.3 Å². The number of pyridine rings is 1. The Hall–Kier alpha value is -4.02. The number of nitrogens with zero attached hydrogens (tertiary/aromatic N) is 4. The van der Waals surface area contributed by atoms with Gasteiger partial charge in [0.05, 0.1) is 29.4 Å². The van der Waals surface area contributed by atoms with Crippen LogP contribution in [0.15, 0.2) is 54.9 Å². The highest BCUT2D eigenvalue weighted by atomic mass is 19.4. The monoisotopic (exact) mass is 459 g/mol. The van der Waals surface area contributed by atoms with Crippen molar-refractivity contribution in [3.05, 3.63) is 66.4 Å². The van der Waals surface area contributed by atoms with E-state index >= 15 is 0 Å². The smallest absolute Gasteiger partial charge is 0.434 e. The fraction of sp³-hybridized carbons (Fsp3) is 0.182. The summed E-state index contributed by atoms with van der Waals surface area (Å²) < 4.78 is 60.4. The Labute approximate surface area is 185 Å². The van der Waals surface area contributed by atoms with Crippen LogP contribution in [0.4, 0.5) is 28.0 Å². The van der Waals surface area contributed by atoms with E-state index in [1.807, 2.05) is 0 Å². The Kier molecular flexibility index (Phi) is 5.71. The van der Waals surface area contributed by atoms with Gasteiger partial charge in [0.15, 0.2) is 11.3 Å². The summed E-state index contributed by atoms with van der Waals surface area (Å²) in [5, 5.41) is 6.57. The van der Waals surface area contributed by atoms with Gasteiger partial charge < -0.3 is 4.74 Å². The predicted molar refractivity (Wildman–Crippen MR) is 112 cm³/mol. The van der Waals surface area contributed by atoms with Crippen LogP contribution in [0.25, 0.3) is 28.2 Å². The SMILES string of the molecule is CC(C)OC(=O)Nc1cc(-c2cn3nc(-c4cccnc4C(F)(F)F)ccc3n2)ccc1F. The number of imidazole rings is 1. The quantitative estimate of drug-likeness (QED) is 0.404. The molecule has 0 radical (unpaired) electrons. The molecule has 3 heterocycles. The lowest BCUT2D eigenvalue weighted by molar-refractivity contribution is -0.140. The summed E-state index contributed by atoms with van der Waals surface area (Å²) >= 11 is 0. The van der Waals surface area contributed by atoms with Gasteiger partial charge in [-0.1, -0.05) is 0 Å². The summed E-state index contributed by atoms with van der Waals surface area (Å²) in [6, 6.07) is 9.61. The number of halogens is 4. The van der Waals surface area contributed by atoms with Crippen LogP contribution in [0.1, 0.15) is 19.5 Å². The average molecular weight is 459 g/mol. The molecule has 170 valence electrons. The van der Waals surface area contributed by atoms with Crippen LogP contribution in [0, 0.1) is 5.82 Å². The maximum absolute atomic E-state index is 14.2. The molecule has 0 saturated heterocycles. The van der Waals surface area contributed by atoms with E-state index in [0.29, 0.717) is 16.9 Å². The largest absolute Gasteiger partial charge is 0.447 e. The van der Waals surface area contributed by atoms with Gasteiger partial charge in [-0.25, -0.2) is 18.7 Å². The fourth-order valence-electron chi connectivity index (χ4n) is 3.14. The summed E-state index contributed by atoms with van der Waals surface area (Å²) in [7, 11) is 0. The minimum atomic E-state index is -4.64. The van der Waals surface area contributed by atoms with Gasteiger partial charge in [0.1, 0.15) is 5.82 Å².